The highest BCUT2D eigenvalue weighted by Crippen LogP contribution is 2.29. The van der Waals surface area contributed by atoms with Gasteiger partial charge < -0.3 is 9.64 Å². The van der Waals surface area contributed by atoms with Crippen molar-refractivity contribution in [2.45, 2.75) is 25.8 Å². The highest BCUT2D eigenvalue weighted by molar-refractivity contribution is 5.77. The summed E-state index contributed by atoms with van der Waals surface area (Å²) >= 11 is 0. The van der Waals surface area contributed by atoms with Gasteiger partial charge in [-0.15, -0.1) is 0 Å². The van der Waals surface area contributed by atoms with Crippen LogP contribution in [0.2, 0.25) is 0 Å². The molecule has 144 valence electrons. The van der Waals surface area contributed by atoms with Crippen molar-refractivity contribution in [3.8, 4) is 5.75 Å². The summed E-state index contributed by atoms with van der Waals surface area (Å²) in [5, 5.41) is 0. The van der Waals surface area contributed by atoms with Gasteiger partial charge in [0.05, 0.1) is 6.61 Å². The molecule has 3 rings (SSSR count). The first-order chi connectivity index (χ1) is 13.7. The lowest BCUT2D eigenvalue weighted by atomic mass is 9.88. The second-order valence-electron chi connectivity index (χ2n) is 6.87. The molecule has 3 aromatic carbocycles. The number of para-hydroxylation sites is 1. The van der Waals surface area contributed by atoms with Crippen LogP contribution in [0.5, 0.6) is 5.75 Å². The van der Waals surface area contributed by atoms with Gasteiger partial charge in [-0.05, 0) is 24.1 Å². The lowest BCUT2D eigenvalue weighted by Gasteiger charge is -2.23. The lowest BCUT2D eigenvalue weighted by Crippen LogP contribution is -2.28. The van der Waals surface area contributed by atoms with Gasteiger partial charge in [-0.25, -0.2) is 0 Å². The summed E-state index contributed by atoms with van der Waals surface area (Å²) in [5.74, 6) is 0.996. The minimum Gasteiger partial charge on any atom is -0.494 e. The largest absolute Gasteiger partial charge is 0.494 e. The van der Waals surface area contributed by atoms with Crippen molar-refractivity contribution in [3.05, 3.63) is 102 Å². The maximum absolute atomic E-state index is 13.1. The highest BCUT2D eigenvalue weighted by atomic mass is 16.5. The van der Waals surface area contributed by atoms with E-state index in [4.69, 9.17) is 4.74 Å². The van der Waals surface area contributed by atoms with E-state index in [-0.39, 0.29) is 11.8 Å². The Kier molecular flexibility index (Phi) is 6.85. The normalized spacial score (nSPS) is 10.7. The molecule has 0 radical (unpaired) electrons. The van der Waals surface area contributed by atoms with Crippen LogP contribution in [0.25, 0.3) is 0 Å². The standard InChI is InChI=1S/C25H27NO2/c1-3-28-24-17-11-10-16-22(24)19-26(2)25(27)18-23(20-12-6-4-7-13-20)21-14-8-5-9-15-21/h4-17,23H,3,18-19H2,1-2H3. The third-order valence-electron chi connectivity index (χ3n) is 4.89. The SMILES string of the molecule is CCOc1ccccc1CN(C)C(=O)CC(c1ccccc1)c1ccccc1. The van der Waals surface area contributed by atoms with Crippen molar-refractivity contribution in [2.75, 3.05) is 13.7 Å². The Morgan fingerprint density at radius 2 is 1.39 bits per heavy atom. The number of rotatable bonds is 8. The lowest BCUT2D eigenvalue weighted by molar-refractivity contribution is -0.130. The number of amides is 1. The van der Waals surface area contributed by atoms with Crippen molar-refractivity contribution in [2.24, 2.45) is 0 Å². The Morgan fingerprint density at radius 3 is 1.96 bits per heavy atom. The topological polar surface area (TPSA) is 29.5 Å². The Hall–Kier alpha value is -3.07. The fraction of sp³-hybridized carbons (Fsp3) is 0.240. The van der Waals surface area contributed by atoms with Crippen LogP contribution in [0, 0.1) is 0 Å². The van der Waals surface area contributed by atoms with Crippen LogP contribution in [0.1, 0.15) is 36.0 Å². The van der Waals surface area contributed by atoms with Crippen molar-refractivity contribution in [1.82, 2.24) is 4.90 Å². The van der Waals surface area contributed by atoms with Gasteiger partial charge in [0.1, 0.15) is 5.75 Å². The maximum atomic E-state index is 13.1. The zero-order valence-corrected chi connectivity index (χ0v) is 16.5. The maximum Gasteiger partial charge on any atom is 0.223 e. The average molecular weight is 373 g/mol. The van der Waals surface area contributed by atoms with E-state index in [9.17, 15) is 4.79 Å². The Balaban J connectivity index is 1.77. The van der Waals surface area contributed by atoms with E-state index in [1.54, 1.807) is 4.90 Å². The van der Waals surface area contributed by atoms with E-state index >= 15 is 0 Å². The first-order valence-corrected chi connectivity index (χ1v) is 9.73. The number of nitrogens with zero attached hydrogens (tertiary/aromatic N) is 1. The molecule has 28 heavy (non-hydrogen) atoms. The molecule has 0 aliphatic carbocycles. The van der Waals surface area contributed by atoms with Crippen molar-refractivity contribution < 1.29 is 9.53 Å². The van der Waals surface area contributed by atoms with Gasteiger partial charge in [0.25, 0.3) is 0 Å². The van der Waals surface area contributed by atoms with E-state index in [1.807, 2.05) is 74.6 Å². The molecule has 0 aliphatic heterocycles. The van der Waals surface area contributed by atoms with E-state index in [1.165, 1.54) is 0 Å². The van der Waals surface area contributed by atoms with Crippen LogP contribution in [0.15, 0.2) is 84.9 Å². The molecule has 0 aromatic heterocycles. The third-order valence-corrected chi connectivity index (χ3v) is 4.89. The molecule has 0 aliphatic rings. The Morgan fingerprint density at radius 1 is 0.857 bits per heavy atom. The number of ether oxygens (including phenoxy) is 1. The number of hydrogen-bond donors (Lipinski definition) is 0. The summed E-state index contributed by atoms with van der Waals surface area (Å²) in [6.45, 7) is 3.11. The van der Waals surface area contributed by atoms with Gasteiger partial charge >= 0.3 is 0 Å². The molecule has 3 heteroatoms. The van der Waals surface area contributed by atoms with Crippen LogP contribution < -0.4 is 4.74 Å². The predicted octanol–water partition coefficient (Wildman–Crippen LogP) is 5.27. The van der Waals surface area contributed by atoms with Crippen LogP contribution in [0.3, 0.4) is 0 Å². The van der Waals surface area contributed by atoms with Gasteiger partial charge in [-0.1, -0.05) is 78.9 Å². The molecule has 0 spiro atoms. The highest BCUT2D eigenvalue weighted by Gasteiger charge is 2.21. The molecule has 0 fully saturated rings. The molecule has 1 amide bonds. The number of carbonyl (C=O) groups is 1. The van der Waals surface area contributed by atoms with E-state index in [2.05, 4.69) is 24.3 Å². The molecule has 0 saturated heterocycles. The molecular weight excluding hydrogens is 346 g/mol. The van der Waals surface area contributed by atoms with Gasteiger partial charge in [-0.3, -0.25) is 4.79 Å². The second kappa shape index (κ2) is 9.75. The van der Waals surface area contributed by atoms with Gasteiger partial charge in [-0.2, -0.15) is 0 Å². The number of carbonyl (C=O) groups excluding carboxylic acids is 1. The molecule has 0 bridgehead atoms. The second-order valence-corrected chi connectivity index (χ2v) is 6.87. The first-order valence-electron chi connectivity index (χ1n) is 9.73. The fourth-order valence-electron chi connectivity index (χ4n) is 3.40. The van der Waals surface area contributed by atoms with Crippen molar-refractivity contribution >= 4 is 5.91 Å². The van der Waals surface area contributed by atoms with Gasteiger partial charge in [0.2, 0.25) is 5.91 Å². The zero-order valence-electron chi connectivity index (χ0n) is 16.5. The summed E-state index contributed by atoms with van der Waals surface area (Å²) < 4.78 is 5.70. The van der Waals surface area contributed by atoms with E-state index in [0.29, 0.717) is 19.6 Å². The van der Waals surface area contributed by atoms with Crippen LogP contribution in [-0.2, 0) is 11.3 Å². The quantitative estimate of drug-likeness (QED) is 0.539. The summed E-state index contributed by atoms with van der Waals surface area (Å²) in [4.78, 5) is 14.8. The zero-order chi connectivity index (χ0) is 19.8. The molecule has 3 aromatic rings. The first kappa shape index (κ1) is 19.7. The summed E-state index contributed by atoms with van der Waals surface area (Å²) in [7, 11) is 1.86. The molecule has 0 N–H and O–H groups in total. The third kappa shape index (κ3) is 5.01. The van der Waals surface area contributed by atoms with Crippen LogP contribution in [0.4, 0.5) is 0 Å². The number of benzene rings is 3. The minimum absolute atomic E-state index is 0.0412. The smallest absolute Gasteiger partial charge is 0.223 e. The van der Waals surface area contributed by atoms with Crippen molar-refractivity contribution in [1.29, 1.82) is 0 Å². The van der Waals surface area contributed by atoms with E-state index in [0.717, 1.165) is 22.4 Å². The molecule has 3 nitrogen and oxygen atoms in total. The van der Waals surface area contributed by atoms with E-state index < -0.39 is 0 Å². The predicted molar refractivity (Wildman–Crippen MR) is 113 cm³/mol. The number of hydrogen-bond acceptors (Lipinski definition) is 2. The monoisotopic (exact) mass is 373 g/mol. The minimum atomic E-state index is 0.0412. The molecule has 0 unspecified atom stereocenters. The van der Waals surface area contributed by atoms with Gasteiger partial charge in [0, 0.05) is 31.5 Å². The molecule has 0 saturated carbocycles. The summed E-state index contributed by atoms with van der Waals surface area (Å²) in [5.41, 5.74) is 3.34. The summed E-state index contributed by atoms with van der Waals surface area (Å²) in [6, 6.07) is 28.4. The summed E-state index contributed by atoms with van der Waals surface area (Å²) in [6.07, 6.45) is 0.432. The average Bonchev–Trinajstić information content (AvgIpc) is 2.74. The molecular formula is C25H27NO2. The molecule has 0 atom stereocenters. The van der Waals surface area contributed by atoms with Crippen LogP contribution >= 0.6 is 0 Å². The van der Waals surface area contributed by atoms with Crippen molar-refractivity contribution in [3.63, 3.8) is 0 Å². The fourth-order valence-corrected chi connectivity index (χ4v) is 3.40. The Labute approximate surface area is 167 Å². The van der Waals surface area contributed by atoms with Gasteiger partial charge in [0.15, 0.2) is 0 Å². The molecule has 0 heterocycles. The van der Waals surface area contributed by atoms with Crippen LogP contribution in [-0.4, -0.2) is 24.5 Å². The Bertz CT molecular complexity index is 838.